The lowest BCUT2D eigenvalue weighted by Gasteiger charge is -2.06. The van der Waals surface area contributed by atoms with Gasteiger partial charge in [0.25, 0.3) is 5.91 Å². The second kappa shape index (κ2) is 7.45. The Morgan fingerprint density at radius 2 is 1.83 bits per heavy atom. The maximum atomic E-state index is 12.6. The first-order chi connectivity index (χ1) is 11.6. The molecule has 0 aliphatic heterocycles. The van der Waals surface area contributed by atoms with Crippen LogP contribution in [0.5, 0.6) is 0 Å². The predicted molar refractivity (Wildman–Crippen MR) is 96.9 cm³/mol. The molecule has 0 bridgehead atoms. The zero-order valence-electron chi connectivity index (χ0n) is 13.3. The summed E-state index contributed by atoms with van der Waals surface area (Å²) < 4.78 is 6.35. The molecule has 1 aromatic heterocycles. The molecular weight excluding hydrogens is 368 g/mol. The van der Waals surface area contributed by atoms with Crippen molar-refractivity contribution in [2.75, 3.05) is 6.54 Å². The fourth-order valence-electron chi connectivity index (χ4n) is 2.49. The SMILES string of the molecule is Cc1noc(-c2ccc(Br)cc2)c1C(=O)NCCc1ccccc1. The van der Waals surface area contributed by atoms with Crippen LogP contribution < -0.4 is 5.32 Å². The zero-order chi connectivity index (χ0) is 16.9. The number of hydrogen-bond donors (Lipinski definition) is 1. The highest BCUT2D eigenvalue weighted by Crippen LogP contribution is 2.27. The van der Waals surface area contributed by atoms with Crippen molar-refractivity contribution in [3.05, 3.63) is 75.9 Å². The Bertz CT molecular complexity index is 826. The lowest BCUT2D eigenvalue weighted by atomic mass is 10.1. The van der Waals surface area contributed by atoms with Crippen LogP contribution in [0.25, 0.3) is 11.3 Å². The van der Waals surface area contributed by atoms with E-state index in [4.69, 9.17) is 4.52 Å². The first-order valence-corrected chi connectivity index (χ1v) is 8.49. The van der Waals surface area contributed by atoms with E-state index in [0.717, 1.165) is 16.5 Å². The summed E-state index contributed by atoms with van der Waals surface area (Å²) >= 11 is 3.40. The van der Waals surface area contributed by atoms with Crippen molar-refractivity contribution in [2.45, 2.75) is 13.3 Å². The number of benzene rings is 2. The molecule has 4 nitrogen and oxygen atoms in total. The van der Waals surface area contributed by atoms with Crippen LogP contribution in [-0.2, 0) is 6.42 Å². The standard InChI is InChI=1S/C19H17BrN2O2/c1-13-17(18(24-22-13)15-7-9-16(20)10-8-15)19(23)21-12-11-14-5-3-2-4-6-14/h2-10H,11-12H2,1H3,(H,21,23). The fraction of sp³-hybridized carbons (Fsp3) is 0.158. The van der Waals surface area contributed by atoms with Crippen molar-refractivity contribution in [3.8, 4) is 11.3 Å². The Labute approximate surface area is 149 Å². The van der Waals surface area contributed by atoms with Crippen LogP contribution >= 0.6 is 15.9 Å². The van der Waals surface area contributed by atoms with E-state index in [2.05, 4.69) is 26.4 Å². The van der Waals surface area contributed by atoms with Gasteiger partial charge in [-0.3, -0.25) is 4.79 Å². The van der Waals surface area contributed by atoms with Gasteiger partial charge < -0.3 is 9.84 Å². The Hall–Kier alpha value is -2.40. The highest BCUT2D eigenvalue weighted by atomic mass is 79.9. The Morgan fingerprint density at radius 3 is 2.54 bits per heavy atom. The second-order valence-corrected chi connectivity index (χ2v) is 6.39. The molecule has 1 amide bonds. The summed E-state index contributed by atoms with van der Waals surface area (Å²) in [5.74, 6) is 0.333. The molecule has 2 aromatic carbocycles. The van der Waals surface area contributed by atoms with E-state index in [1.807, 2.05) is 54.6 Å². The van der Waals surface area contributed by atoms with Crippen molar-refractivity contribution in [3.63, 3.8) is 0 Å². The summed E-state index contributed by atoms with van der Waals surface area (Å²) in [5.41, 5.74) is 3.09. The number of halogens is 1. The number of aromatic nitrogens is 1. The van der Waals surface area contributed by atoms with Crippen LogP contribution in [0, 0.1) is 6.92 Å². The van der Waals surface area contributed by atoms with Gasteiger partial charge in [0.1, 0.15) is 5.56 Å². The summed E-state index contributed by atoms with van der Waals surface area (Å²) in [6.07, 6.45) is 0.782. The summed E-state index contributed by atoms with van der Waals surface area (Å²) in [4.78, 5) is 12.6. The van der Waals surface area contributed by atoms with Gasteiger partial charge in [0.2, 0.25) is 0 Å². The third-order valence-corrected chi connectivity index (χ3v) is 4.27. The van der Waals surface area contributed by atoms with Gasteiger partial charge in [0.15, 0.2) is 5.76 Å². The largest absolute Gasteiger partial charge is 0.355 e. The first kappa shape index (κ1) is 16.5. The molecule has 1 N–H and O–H groups in total. The third-order valence-electron chi connectivity index (χ3n) is 3.74. The average molecular weight is 385 g/mol. The molecule has 0 unspecified atom stereocenters. The fourth-order valence-corrected chi connectivity index (χ4v) is 2.75. The van der Waals surface area contributed by atoms with Crippen LogP contribution in [0.1, 0.15) is 21.6 Å². The maximum absolute atomic E-state index is 12.6. The molecule has 5 heteroatoms. The van der Waals surface area contributed by atoms with Crippen LogP contribution in [0.4, 0.5) is 0 Å². The maximum Gasteiger partial charge on any atom is 0.257 e. The van der Waals surface area contributed by atoms with E-state index in [1.54, 1.807) is 6.92 Å². The quantitative estimate of drug-likeness (QED) is 0.709. The smallest absolute Gasteiger partial charge is 0.257 e. The van der Waals surface area contributed by atoms with Crippen molar-refractivity contribution >= 4 is 21.8 Å². The predicted octanol–water partition coefficient (Wildman–Crippen LogP) is 4.39. The summed E-state index contributed by atoms with van der Waals surface area (Å²) in [7, 11) is 0. The molecule has 0 saturated carbocycles. The summed E-state index contributed by atoms with van der Waals surface area (Å²) in [5, 5.41) is 6.90. The van der Waals surface area contributed by atoms with E-state index in [-0.39, 0.29) is 5.91 Å². The average Bonchev–Trinajstić information content (AvgIpc) is 2.98. The Kier molecular flexibility index (Phi) is 5.11. The molecular formula is C19H17BrN2O2. The minimum Gasteiger partial charge on any atom is -0.355 e. The minimum atomic E-state index is -0.164. The molecule has 3 aromatic rings. The highest BCUT2D eigenvalue weighted by molar-refractivity contribution is 9.10. The molecule has 24 heavy (non-hydrogen) atoms. The Morgan fingerprint density at radius 1 is 1.12 bits per heavy atom. The molecule has 0 aliphatic rings. The first-order valence-electron chi connectivity index (χ1n) is 7.69. The number of nitrogens with zero attached hydrogens (tertiary/aromatic N) is 1. The van der Waals surface area contributed by atoms with Crippen molar-refractivity contribution in [2.24, 2.45) is 0 Å². The van der Waals surface area contributed by atoms with E-state index >= 15 is 0 Å². The molecule has 0 aliphatic carbocycles. The number of aryl methyl sites for hydroxylation is 1. The number of hydrogen-bond acceptors (Lipinski definition) is 3. The van der Waals surface area contributed by atoms with Crippen LogP contribution in [0.2, 0.25) is 0 Å². The van der Waals surface area contributed by atoms with Gasteiger partial charge in [0.05, 0.1) is 5.69 Å². The van der Waals surface area contributed by atoms with E-state index < -0.39 is 0 Å². The highest BCUT2D eigenvalue weighted by Gasteiger charge is 2.21. The molecule has 0 radical (unpaired) electrons. The molecule has 0 atom stereocenters. The lowest BCUT2D eigenvalue weighted by molar-refractivity contribution is 0.0954. The van der Waals surface area contributed by atoms with Crippen molar-refractivity contribution in [1.29, 1.82) is 0 Å². The van der Waals surface area contributed by atoms with Gasteiger partial charge in [-0.15, -0.1) is 0 Å². The van der Waals surface area contributed by atoms with Gasteiger partial charge in [-0.1, -0.05) is 51.4 Å². The molecule has 0 spiro atoms. The van der Waals surface area contributed by atoms with Crippen LogP contribution in [-0.4, -0.2) is 17.6 Å². The van der Waals surface area contributed by atoms with Crippen LogP contribution in [0.15, 0.2) is 63.6 Å². The summed E-state index contributed by atoms with van der Waals surface area (Å²) in [6.45, 7) is 2.34. The van der Waals surface area contributed by atoms with Gasteiger partial charge >= 0.3 is 0 Å². The van der Waals surface area contributed by atoms with Gasteiger partial charge in [-0.2, -0.15) is 0 Å². The van der Waals surface area contributed by atoms with Crippen molar-refractivity contribution in [1.82, 2.24) is 10.5 Å². The third kappa shape index (κ3) is 3.74. The second-order valence-electron chi connectivity index (χ2n) is 5.47. The number of carbonyl (C=O) groups is 1. The van der Waals surface area contributed by atoms with E-state index in [9.17, 15) is 4.79 Å². The number of carbonyl (C=O) groups excluding carboxylic acids is 1. The van der Waals surface area contributed by atoms with E-state index in [0.29, 0.717) is 23.6 Å². The Balaban J connectivity index is 1.73. The van der Waals surface area contributed by atoms with Gasteiger partial charge in [-0.25, -0.2) is 0 Å². The molecule has 0 fully saturated rings. The molecule has 122 valence electrons. The van der Waals surface area contributed by atoms with Gasteiger partial charge in [-0.05, 0) is 43.2 Å². The topological polar surface area (TPSA) is 55.1 Å². The number of nitrogens with one attached hydrogen (secondary N) is 1. The van der Waals surface area contributed by atoms with Gasteiger partial charge in [0, 0.05) is 16.6 Å². The normalized spacial score (nSPS) is 10.6. The number of rotatable bonds is 5. The lowest BCUT2D eigenvalue weighted by Crippen LogP contribution is -2.26. The van der Waals surface area contributed by atoms with E-state index in [1.165, 1.54) is 5.56 Å². The molecule has 0 saturated heterocycles. The minimum absolute atomic E-state index is 0.164. The van der Waals surface area contributed by atoms with Crippen LogP contribution in [0.3, 0.4) is 0 Å². The summed E-state index contributed by atoms with van der Waals surface area (Å²) in [6, 6.07) is 17.7. The molecule has 3 rings (SSSR count). The van der Waals surface area contributed by atoms with Crippen molar-refractivity contribution < 1.29 is 9.32 Å². The zero-order valence-corrected chi connectivity index (χ0v) is 14.8. The molecule has 1 heterocycles. The monoisotopic (exact) mass is 384 g/mol. The number of amides is 1.